The van der Waals surface area contributed by atoms with Gasteiger partial charge >= 0.3 is 0 Å². The van der Waals surface area contributed by atoms with Gasteiger partial charge < -0.3 is 14.5 Å². The highest BCUT2D eigenvalue weighted by Gasteiger charge is 2.31. The first kappa shape index (κ1) is 17.0. The van der Waals surface area contributed by atoms with Gasteiger partial charge in [0, 0.05) is 12.5 Å². The molecule has 1 aromatic heterocycles. The summed E-state index contributed by atoms with van der Waals surface area (Å²) >= 11 is 0. The Labute approximate surface area is 148 Å². The maximum absolute atomic E-state index is 8.52. The predicted molar refractivity (Wildman–Crippen MR) is 98.6 cm³/mol. The average Bonchev–Trinajstić information content (AvgIpc) is 3.09. The van der Waals surface area contributed by atoms with Gasteiger partial charge in [0.1, 0.15) is 17.8 Å². The lowest BCUT2D eigenvalue weighted by Gasteiger charge is -2.33. The third-order valence-corrected chi connectivity index (χ3v) is 4.16. The molecule has 2 aromatic rings. The van der Waals surface area contributed by atoms with Crippen LogP contribution in [0.5, 0.6) is 5.75 Å². The van der Waals surface area contributed by atoms with Crippen LogP contribution in [-0.4, -0.2) is 17.8 Å². The summed E-state index contributed by atoms with van der Waals surface area (Å²) in [5, 5.41) is 11.9. The zero-order valence-electron chi connectivity index (χ0n) is 14.8. The van der Waals surface area contributed by atoms with Crippen LogP contribution in [0.3, 0.4) is 0 Å². The molecule has 0 aliphatic carbocycles. The summed E-state index contributed by atoms with van der Waals surface area (Å²) in [5.41, 5.74) is 1.72. The molecule has 5 heteroatoms. The fraction of sp³-hybridized carbons (Fsp3) is 0.350. The highest BCUT2D eigenvalue weighted by molar-refractivity contribution is 6.03. The molecule has 130 valence electrons. The van der Waals surface area contributed by atoms with E-state index in [1.54, 1.807) is 24.3 Å². The van der Waals surface area contributed by atoms with Gasteiger partial charge in [-0.1, -0.05) is 31.9 Å². The van der Waals surface area contributed by atoms with E-state index >= 15 is 0 Å². The van der Waals surface area contributed by atoms with E-state index in [0.29, 0.717) is 17.6 Å². The molecule has 0 bridgehead atoms. The van der Waals surface area contributed by atoms with Crippen molar-refractivity contribution in [1.29, 1.82) is 5.41 Å². The van der Waals surface area contributed by atoms with E-state index in [1.165, 1.54) is 0 Å². The molecule has 2 N–H and O–H groups in total. The Hall–Kier alpha value is -2.87. The molecule has 0 saturated heterocycles. The molecule has 1 aliphatic heterocycles. The molecule has 5 nitrogen and oxygen atoms in total. The van der Waals surface area contributed by atoms with Crippen LogP contribution in [0, 0.1) is 23.3 Å². The van der Waals surface area contributed by atoms with E-state index in [9.17, 15) is 0 Å². The predicted octanol–water partition coefficient (Wildman–Crippen LogP) is 4.44. The highest BCUT2D eigenvalue weighted by atomic mass is 16.5. The lowest BCUT2D eigenvalue weighted by atomic mass is 10.1. The van der Waals surface area contributed by atoms with Crippen LogP contribution >= 0.6 is 0 Å². The van der Waals surface area contributed by atoms with Gasteiger partial charge in [0.2, 0.25) is 5.88 Å². The van der Waals surface area contributed by atoms with Crippen molar-refractivity contribution in [3.8, 4) is 17.7 Å². The van der Waals surface area contributed by atoms with Crippen molar-refractivity contribution < 1.29 is 9.15 Å². The van der Waals surface area contributed by atoms with Gasteiger partial charge in [0.25, 0.3) is 0 Å². The zero-order valence-corrected chi connectivity index (χ0v) is 14.8. The number of furan rings is 1. The third kappa shape index (κ3) is 3.63. The van der Waals surface area contributed by atoms with Crippen molar-refractivity contribution in [2.24, 2.45) is 5.92 Å². The van der Waals surface area contributed by atoms with Crippen LogP contribution in [0.25, 0.3) is 0 Å². The summed E-state index contributed by atoms with van der Waals surface area (Å²) in [7, 11) is 1.64. The van der Waals surface area contributed by atoms with E-state index in [4.69, 9.17) is 14.6 Å². The number of hydrogen-bond acceptors (Lipinski definition) is 4. The summed E-state index contributed by atoms with van der Waals surface area (Å²) in [6.07, 6.45) is 3.18. The minimum absolute atomic E-state index is 0.274. The molecule has 1 unspecified atom stereocenters. The lowest BCUT2D eigenvalue weighted by molar-refractivity contribution is 0.413. The van der Waals surface area contributed by atoms with Crippen LogP contribution in [-0.2, 0) is 0 Å². The number of benzene rings is 1. The van der Waals surface area contributed by atoms with Gasteiger partial charge in [-0.15, -0.1) is 0 Å². The smallest absolute Gasteiger partial charge is 0.205 e. The Morgan fingerprint density at radius 1 is 1.28 bits per heavy atom. The van der Waals surface area contributed by atoms with Crippen molar-refractivity contribution in [3.05, 3.63) is 47.7 Å². The zero-order chi connectivity index (χ0) is 17.8. The largest absolute Gasteiger partial charge is 0.497 e. The van der Waals surface area contributed by atoms with Crippen LogP contribution in [0.1, 0.15) is 44.0 Å². The second-order valence-corrected chi connectivity index (χ2v) is 6.42. The molecule has 3 rings (SSSR count). The molecular weight excluding hydrogens is 314 g/mol. The van der Waals surface area contributed by atoms with Gasteiger partial charge in [-0.2, -0.15) is 0 Å². The van der Waals surface area contributed by atoms with E-state index in [1.807, 2.05) is 24.3 Å². The summed E-state index contributed by atoms with van der Waals surface area (Å²) in [4.78, 5) is 1.76. The van der Waals surface area contributed by atoms with Gasteiger partial charge in [-0.25, -0.2) is 0 Å². The first-order chi connectivity index (χ1) is 12.1. The molecule has 2 heterocycles. The van der Waals surface area contributed by atoms with Crippen molar-refractivity contribution in [2.75, 3.05) is 12.4 Å². The Kier molecular flexibility index (Phi) is 4.99. The van der Waals surface area contributed by atoms with Gasteiger partial charge in [0.15, 0.2) is 0 Å². The average molecular weight is 337 g/mol. The Bertz CT molecular complexity index is 796. The summed E-state index contributed by atoms with van der Waals surface area (Å²) in [6, 6.07) is 12.7. The number of nitrogens with zero attached hydrogens (tertiary/aromatic N) is 1. The first-order valence-corrected chi connectivity index (χ1v) is 8.44. The minimum Gasteiger partial charge on any atom is -0.497 e. The van der Waals surface area contributed by atoms with Crippen molar-refractivity contribution >= 4 is 11.7 Å². The monoisotopic (exact) mass is 337 g/mol. The SMILES string of the molecule is COc1ccc(C2Nc3occc3C(=N)N2C#CCCC(C)C)cc1. The molecule has 1 aromatic carbocycles. The van der Waals surface area contributed by atoms with Crippen molar-refractivity contribution in [1.82, 2.24) is 4.90 Å². The van der Waals surface area contributed by atoms with Gasteiger partial charge in [-0.3, -0.25) is 10.3 Å². The highest BCUT2D eigenvalue weighted by Crippen LogP contribution is 2.33. The fourth-order valence-corrected chi connectivity index (χ4v) is 2.70. The van der Waals surface area contributed by atoms with E-state index in [-0.39, 0.29) is 6.17 Å². The summed E-state index contributed by atoms with van der Waals surface area (Å²) < 4.78 is 10.7. The van der Waals surface area contributed by atoms with Crippen molar-refractivity contribution in [3.63, 3.8) is 0 Å². The quantitative estimate of drug-likeness (QED) is 0.810. The Balaban J connectivity index is 1.90. The first-order valence-electron chi connectivity index (χ1n) is 8.44. The maximum atomic E-state index is 8.52. The third-order valence-electron chi connectivity index (χ3n) is 4.16. The molecule has 25 heavy (non-hydrogen) atoms. The van der Waals surface area contributed by atoms with Crippen LogP contribution in [0.2, 0.25) is 0 Å². The number of nitrogens with one attached hydrogen (secondary N) is 2. The molecule has 0 fully saturated rings. The summed E-state index contributed by atoms with van der Waals surface area (Å²) in [5.74, 6) is 5.56. The number of hydrogen-bond donors (Lipinski definition) is 2. The van der Waals surface area contributed by atoms with E-state index in [2.05, 4.69) is 31.1 Å². The Morgan fingerprint density at radius 2 is 2.04 bits per heavy atom. The molecular formula is C20H23N3O2. The fourth-order valence-electron chi connectivity index (χ4n) is 2.70. The lowest BCUT2D eigenvalue weighted by Crippen LogP contribution is -2.39. The van der Waals surface area contributed by atoms with Gasteiger partial charge in [0.05, 0.1) is 18.9 Å². The standard InChI is InChI=1S/C20H23N3O2/c1-14(2)6-4-5-12-23-18(21)17-11-13-25-20(17)22-19(23)15-7-9-16(24-3)10-8-15/h7-11,13-14,19,21-22H,4,6H2,1-3H3. The molecule has 0 saturated carbocycles. The number of ether oxygens (including phenoxy) is 1. The molecule has 1 atom stereocenters. The number of fused-ring (bicyclic) bond motifs is 1. The van der Waals surface area contributed by atoms with E-state index in [0.717, 1.165) is 29.7 Å². The van der Waals surface area contributed by atoms with Gasteiger partial charge in [-0.05, 0) is 36.1 Å². The molecule has 1 aliphatic rings. The number of amidine groups is 1. The van der Waals surface area contributed by atoms with Crippen LogP contribution in [0.15, 0.2) is 41.0 Å². The van der Waals surface area contributed by atoms with E-state index < -0.39 is 0 Å². The maximum Gasteiger partial charge on any atom is 0.205 e. The summed E-state index contributed by atoms with van der Waals surface area (Å²) in [6.45, 7) is 4.37. The van der Waals surface area contributed by atoms with Crippen LogP contribution in [0.4, 0.5) is 5.88 Å². The second kappa shape index (κ2) is 7.35. The second-order valence-electron chi connectivity index (χ2n) is 6.42. The topological polar surface area (TPSA) is 61.5 Å². The number of methoxy groups -OCH3 is 1. The molecule has 0 radical (unpaired) electrons. The normalized spacial score (nSPS) is 16.1. The van der Waals surface area contributed by atoms with Crippen LogP contribution < -0.4 is 10.1 Å². The molecule has 0 amide bonds. The minimum atomic E-state index is -0.274. The van der Waals surface area contributed by atoms with Crippen molar-refractivity contribution in [2.45, 2.75) is 32.9 Å². The Morgan fingerprint density at radius 3 is 2.72 bits per heavy atom. The molecule has 0 spiro atoms. The number of rotatable bonds is 4. The number of anilines is 1.